The van der Waals surface area contributed by atoms with Gasteiger partial charge in [-0.25, -0.2) is 8.42 Å². The minimum Gasteiger partial charge on any atom is -0.464 e. The third-order valence-corrected chi connectivity index (χ3v) is 8.15. The summed E-state index contributed by atoms with van der Waals surface area (Å²) in [6.45, 7) is 8.74. The highest BCUT2D eigenvalue weighted by Crippen LogP contribution is 2.28. The maximum absolute atomic E-state index is 13.5. The summed E-state index contributed by atoms with van der Waals surface area (Å²) in [4.78, 5) is 15.3. The molecule has 32 heavy (non-hydrogen) atoms. The Hall–Kier alpha value is -2.60. The molecule has 4 rings (SSSR count). The van der Waals surface area contributed by atoms with Crippen LogP contribution in [0.25, 0.3) is 11.0 Å². The van der Waals surface area contributed by atoms with Crippen LogP contribution in [0.3, 0.4) is 0 Å². The molecule has 1 unspecified atom stereocenters. The number of hydrogen-bond donors (Lipinski definition) is 0. The van der Waals surface area contributed by atoms with Gasteiger partial charge in [0.1, 0.15) is 5.58 Å². The van der Waals surface area contributed by atoms with Gasteiger partial charge in [-0.15, -0.1) is 0 Å². The van der Waals surface area contributed by atoms with E-state index in [4.69, 9.17) is 4.42 Å². The van der Waals surface area contributed by atoms with Crippen molar-refractivity contribution in [2.75, 3.05) is 11.5 Å². The number of amides is 1. The van der Waals surface area contributed by atoms with Gasteiger partial charge in [0, 0.05) is 23.5 Å². The van der Waals surface area contributed by atoms with Crippen LogP contribution in [0.2, 0.25) is 0 Å². The van der Waals surface area contributed by atoms with E-state index in [-0.39, 0.29) is 29.9 Å². The Labute approximate surface area is 190 Å². The predicted octanol–water partition coefficient (Wildman–Crippen LogP) is 4.93. The molecule has 3 aromatic rings. The van der Waals surface area contributed by atoms with Crippen molar-refractivity contribution in [1.82, 2.24) is 4.90 Å². The molecule has 1 aromatic heterocycles. The smallest absolute Gasteiger partial charge is 0.227 e. The number of fused-ring (bicyclic) bond motifs is 1. The van der Waals surface area contributed by atoms with Crippen LogP contribution in [0, 0.1) is 13.8 Å². The first-order chi connectivity index (χ1) is 15.1. The molecule has 0 radical (unpaired) electrons. The molecule has 1 atom stereocenters. The maximum atomic E-state index is 13.5. The molecule has 6 heteroatoms. The quantitative estimate of drug-likeness (QED) is 0.531. The van der Waals surface area contributed by atoms with Crippen molar-refractivity contribution in [3.63, 3.8) is 0 Å². The van der Waals surface area contributed by atoms with Gasteiger partial charge in [0.05, 0.1) is 24.2 Å². The van der Waals surface area contributed by atoms with Crippen LogP contribution in [0.15, 0.2) is 47.1 Å². The van der Waals surface area contributed by atoms with Crippen molar-refractivity contribution in [2.24, 2.45) is 0 Å². The summed E-state index contributed by atoms with van der Waals surface area (Å²) in [6, 6.07) is 12.0. The highest BCUT2D eigenvalue weighted by Gasteiger charge is 2.35. The fraction of sp³-hybridized carbons (Fsp3) is 0.423. The minimum absolute atomic E-state index is 0.0349. The molecular formula is C26H31NO4S. The van der Waals surface area contributed by atoms with E-state index in [2.05, 4.69) is 32.0 Å². The van der Waals surface area contributed by atoms with Crippen molar-refractivity contribution < 1.29 is 17.6 Å². The first-order valence-electron chi connectivity index (χ1n) is 11.2. The summed E-state index contributed by atoms with van der Waals surface area (Å²) in [6.07, 6.45) is 2.34. The highest BCUT2D eigenvalue weighted by atomic mass is 32.2. The Kier molecular flexibility index (Phi) is 6.17. The van der Waals surface area contributed by atoms with Gasteiger partial charge in [0.2, 0.25) is 5.91 Å². The van der Waals surface area contributed by atoms with Crippen LogP contribution in [0.1, 0.15) is 54.0 Å². The normalized spacial score (nSPS) is 17.8. The third-order valence-electron chi connectivity index (χ3n) is 6.40. The van der Waals surface area contributed by atoms with Gasteiger partial charge < -0.3 is 9.32 Å². The molecule has 0 N–H and O–H groups in total. The first-order valence-corrected chi connectivity index (χ1v) is 13.0. The fourth-order valence-electron chi connectivity index (χ4n) is 4.67. The molecule has 5 nitrogen and oxygen atoms in total. The number of sulfone groups is 1. The molecule has 1 fully saturated rings. The van der Waals surface area contributed by atoms with Gasteiger partial charge in [-0.1, -0.05) is 44.2 Å². The lowest BCUT2D eigenvalue weighted by molar-refractivity contribution is -0.133. The van der Waals surface area contributed by atoms with E-state index in [0.29, 0.717) is 18.9 Å². The van der Waals surface area contributed by atoms with Gasteiger partial charge in [0.15, 0.2) is 9.84 Å². The monoisotopic (exact) mass is 453 g/mol. The summed E-state index contributed by atoms with van der Waals surface area (Å²) >= 11 is 0. The Morgan fingerprint density at radius 3 is 2.50 bits per heavy atom. The summed E-state index contributed by atoms with van der Waals surface area (Å²) in [5, 5.41) is 0.976. The molecular weight excluding hydrogens is 422 g/mol. The van der Waals surface area contributed by atoms with E-state index in [1.807, 2.05) is 32.0 Å². The van der Waals surface area contributed by atoms with Gasteiger partial charge in [-0.2, -0.15) is 0 Å². The molecule has 0 bridgehead atoms. The van der Waals surface area contributed by atoms with E-state index in [1.54, 1.807) is 11.2 Å². The fourth-order valence-corrected chi connectivity index (χ4v) is 6.40. The highest BCUT2D eigenvalue weighted by molar-refractivity contribution is 7.91. The van der Waals surface area contributed by atoms with E-state index in [9.17, 15) is 13.2 Å². The number of aryl methyl sites for hydroxylation is 2. The van der Waals surface area contributed by atoms with Crippen LogP contribution >= 0.6 is 0 Å². The zero-order valence-corrected chi connectivity index (χ0v) is 20.0. The molecule has 2 aromatic carbocycles. The zero-order valence-electron chi connectivity index (χ0n) is 19.2. The van der Waals surface area contributed by atoms with Crippen molar-refractivity contribution >= 4 is 26.7 Å². The Morgan fingerprint density at radius 1 is 1.16 bits per heavy atom. The average molecular weight is 454 g/mol. The number of benzene rings is 2. The Balaban J connectivity index is 1.61. The summed E-state index contributed by atoms with van der Waals surface area (Å²) in [5.41, 5.74) is 6.08. The lowest BCUT2D eigenvalue weighted by Crippen LogP contribution is -2.41. The molecule has 1 amide bonds. The van der Waals surface area contributed by atoms with E-state index in [1.165, 1.54) is 5.56 Å². The summed E-state index contributed by atoms with van der Waals surface area (Å²) in [5.74, 6) is 0.541. The third kappa shape index (κ3) is 4.75. The standard InChI is InChI=1S/C26H31NO4S/c1-17(2)21-7-5-20(6-8-21)14-27(23-9-10-32(29,30)16-23)25(28)13-22-15-31-24-12-18(3)11-19(4)26(22)24/h5-8,11-12,15,17,23H,9-10,13-14,16H2,1-4H3. The second kappa shape index (κ2) is 8.74. The minimum atomic E-state index is -3.10. The van der Waals surface area contributed by atoms with E-state index in [0.717, 1.165) is 33.2 Å². The number of carbonyl (C=O) groups is 1. The van der Waals surface area contributed by atoms with Crippen molar-refractivity contribution in [3.05, 3.63) is 70.5 Å². The average Bonchev–Trinajstić information content (AvgIpc) is 3.29. The number of hydrogen-bond acceptors (Lipinski definition) is 4. The van der Waals surface area contributed by atoms with Crippen LogP contribution in [-0.4, -0.2) is 36.8 Å². The summed E-state index contributed by atoms with van der Waals surface area (Å²) in [7, 11) is -3.10. The predicted molar refractivity (Wildman–Crippen MR) is 128 cm³/mol. The van der Waals surface area contributed by atoms with Crippen LogP contribution in [0.5, 0.6) is 0 Å². The number of furan rings is 1. The van der Waals surface area contributed by atoms with Crippen LogP contribution in [0.4, 0.5) is 0 Å². The summed E-state index contributed by atoms with van der Waals surface area (Å²) < 4.78 is 30.0. The molecule has 170 valence electrons. The van der Waals surface area contributed by atoms with Crippen molar-refractivity contribution in [1.29, 1.82) is 0 Å². The number of rotatable bonds is 6. The first kappa shape index (κ1) is 22.6. The number of carbonyl (C=O) groups excluding carboxylic acids is 1. The van der Waals surface area contributed by atoms with Gasteiger partial charge >= 0.3 is 0 Å². The molecule has 1 aliphatic rings. The van der Waals surface area contributed by atoms with E-state index < -0.39 is 9.84 Å². The second-order valence-electron chi connectivity index (χ2n) is 9.37. The zero-order chi connectivity index (χ0) is 23.0. The second-order valence-corrected chi connectivity index (χ2v) is 11.6. The number of nitrogens with zero attached hydrogens (tertiary/aromatic N) is 1. The molecule has 2 heterocycles. The SMILES string of the molecule is Cc1cc(C)c2c(CC(=O)N(Cc3ccc(C(C)C)cc3)C3CCS(=O)(=O)C3)coc2c1. The van der Waals surface area contributed by atoms with Crippen molar-refractivity contribution in [2.45, 2.75) is 59.0 Å². The molecule has 1 aliphatic heterocycles. The van der Waals surface area contributed by atoms with Crippen LogP contribution in [-0.2, 0) is 27.6 Å². The van der Waals surface area contributed by atoms with E-state index >= 15 is 0 Å². The molecule has 1 saturated heterocycles. The van der Waals surface area contributed by atoms with Gasteiger partial charge in [-0.05, 0) is 54.5 Å². The molecule has 0 spiro atoms. The lowest BCUT2D eigenvalue weighted by Gasteiger charge is -2.28. The Morgan fingerprint density at radius 2 is 1.88 bits per heavy atom. The van der Waals surface area contributed by atoms with Gasteiger partial charge in [-0.3, -0.25) is 4.79 Å². The largest absolute Gasteiger partial charge is 0.464 e. The topological polar surface area (TPSA) is 67.6 Å². The molecule has 0 aliphatic carbocycles. The lowest BCUT2D eigenvalue weighted by atomic mass is 10.0. The van der Waals surface area contributed by atoms with Gasteiger partial charge in [0.25, 0.3) is 0 Å². The Bertz CT molecular complexity index is 1240. The maximum Gasteiger partial charge on any atom is 0.227 e. The molecule has 0 saturated carbocycles. The van der Waals surface area contributed by atoms with Crippen LogP contribution < -0.4 is 0 Å². The van der Waals surface area contributed by atoms with Crippen molar-refractivity contribution in [3.8, 4) is 0 Å².